The SMILES string of the molecule is CC(=O)N[C@@H]1[C@@H](O[C@@H]2O[C@H](CO)[C@H](O)[C@H](O[C@@H]3O[C@H](CO)[C@@H](O)[C@H](O[C@@H]4O[C@H](CO)[C@H](O)[C@H](O)[C@H]4O)[C@H]3NC(C)=O)[C@H]2O)[C@@H](O)[C@@H](CO[C@@H]2O[C@H](CO)[C@@H](O[C@@H]3O[C@H](CO)[C@H](O)[C@H](O)[C@H]3O)[C@H](O)[C@H]2NC(C)=O)O[C@@H]1O. The Morgan fingerprint density at radius 2 is 0.697 bits per heavy atom. The fourth-order valence-electron chi connectivity index (χ4n) is 9.62. The zero-order chi connectivity index (χ0) is 56.2. The lowest BCUT2D eigenvalue weighted by Crippen LogP contribution is -2.70. The topological polar surface area (TPSA) is 533 Å². The first kappa shape index (κ1) is 62.5. The minimum atomic E-state index is -2.24. The number of hydrogen-bond acceptors (Lipinski definition) is 31. The largest absolute Gasteiger partial charge is 0.394 e. The van der Waals surface area contributed by atoms with E-state index in [1.165, 1.54) is 0 Å². The van der Waals surface area contributed by atoms with Gasteiger partial charge in [0.05, 0.1) is 39.6 Å². The Bertz CT molecular complexity index is 1870. The van der Waals surface area contributed by atoms with Crippen molar-refractivity contribution in [2.75, 3.05) is 39.6 Å². The van der Waals surface area contributed by atoms with Crippen molar-refractivity contribution in [3.63, 3.8) is 0 Å². The van der Waals surface area contributed by atoms with Crippen molar-refractivity contribution in [3.8, 4) is 0 Å². The quantitative estimate of drug-likeness (QED) is 0.0571. The maximum atomic E-state index is 12.6. The van der Waals surface area contributed by atoms with Gasteiger partial charge in [-0.1, -0.05) is 0 Å². The number of aliphatic hydroxyl groups excluding tert-OH is 17. The number of aliphatic hydroxyl groups is 17. The number of carbonyl (C=O) groups excluding carboxylic acids is 3. The number of rotatable bonds is 19. The lowest BCUT2D eigenvalue weighted by molar-refractivity contribution is -0.376. The molecule has 6 fully saturated rings. The van der Waals surface area contributed by atoms with Gasteiger partial charge in [0.1, 0.15) is 146 Å². The van der Waals surface area contributed by atoms with Crippen LogP contribution >= 0.6 is 0 Å². The Morgan fingerprint density at radius 1 is 0.342 bits per heavy atom. The minimum Gasteiger partial charge on any atom is -0.394 e. The number of carbonyl (C=O) groups is 3. The van der Waals surface area contributed by atoms with Gasteiger partial charge in [0.25, 0.3) is 0 Å². The van der Waals surface area contributed by atoms with Crippen LogP contribution in [0.25, 0.3) is 0 Å². The van der Waals surface area contributed by atoms with E-state index >= 15 is 0 Å². The molecule has 6 saturated heterocycles. The lowest BCUT2D eigenvalue weighted by atomic mass is 9.94. The number of amides is 3. The van der Waals surface area contributed by atoms with Crippen LogP contribution in [0, 0.1) is 0 Å². The molecule has 440 valence electrons. The molecule has 34 nitrogen and oxygen atoms in total. The molecule has 6 aliphatic rings. The van der Waals surface area contributed by atoms with E-state index in [-0.39, 0.29) is 0 Å². The van der Waals surface area contributed by atoms with Crippen LogP contribution in [0.2, 0.25) is 0 Å². The van der Waals surface area contributed by atoms with Crippen molar-refractivity contribution in [2.24, 2.45) is 0 Å². The first-order valence-electron chi connectivity index (χ1n) is 24.1. The highest BCUT2D eigenvalue weighted by Crippen LogP contribution is 2.36. The van der Waals surface area contributed by atoms with Gasteiger partial charge >= 0.3 is 0 Å². The third kappa shape index (κ3) is 13.7. The summed E-state index contributed by atoms with van der Waals surface area (Å²) in [6, 6.07) is -5.08. The number of ether oxygens (including phenoxy) is 11. The number of hydrogen-bond donors (Lipinski definition) is 20. The van der Waals surface area contributed by atoms with Gasteiger partial charge in [0.2, 0.25) is 17.7 Å². The molecule has 0 aromatic rings. The molecular formula is C42H71N3O31. The second kappa shape index (κ2) is 27.2. The van der Waals surface area contributed by atoms with Crippen molar-refractivity contribution in [3.05, 3.63) is 0 Å². The standard InChI is InChI=1S/C42H71N3O31/c1-10(51)43-19-27(59)33(73-40-30(62)28(60)22(54)13(4-46)69-40)17(8-50)72-38(19)66-9-18-26(58)34(20(37(65)67-18)44-11(2)52)74-42-32(64)36(25(57)16(7-49)71-42)76-39-21(45-12(3)53)35(24(56)15(6-48)68-39)75-41-31(63)29(61)23(55)14(5-47)70-41/h13-42,46-50,54-65H,4-9H2,1-3H3,(H,43,51)(H,44,52)(H,45,53)/t13-,14-,15-,16-,17-,18-,19-,20-,21-,22+,23+,24-,25+,26+,27-,28+,29+,30-,31-,32-,33-,34-,35-,36+,37+,38-,39+,40+,41+,42+/m1/s1. The summed E-state index contributed by atoms with van der Waals surface area (Å²) in [7, 11) is 0. The van der Waals surface area contributed by atoms with Crippen LogP contribution in [0.3, 0.4) is 0 Å². The van der Waals surface area contributed by atoms with E-state index in [0.717, 1.165) is 20.8 Å². The van der Waals surface area contributed by atoms with Crippen LogP contribution in [-0.2, 0) is 66.5 Å². The monoisotopic (exact) mass is 1110 g/mol. The van der Waals surface area contributed by atoms with Crippen LogP contribution in [0.1, 0.15) is 20.8 Å². The molecular weight excluding hydrogens is 1040 g/mol. The summed E-state index contributed by atoms with van der Waals surface area (Å²) in [5.74, 6) is -2.44. The summed E-state index contributed by atoms with van der Waals surface area (Å²) in [6.07, 6.45) is -50.5. The van der Waals surface area contributed by atoms with Gasteiger partial charge in [-0.3, -0.25) is 14.4 Å². The average molecular weight is 1110 g/mol. The molecule has 0 aromatic carbocycles. The van der Waals surface area contributed by atoms with Crippen molar-refractivity contribution < 1.29 is 153 Å². The highest BCUT2D eigenvalue weighted by atomic mass is 16.8. The summed E-state index contributed by atoms with van der Waals surface area (Å²) in [6.45, 7) is -2.48. The summed E-state index contributed by atoms with van der Waals surface area (Å²) >= 11 is 0. The fraction of sp³-hybridized carbons (Fsp3) is 0.929. The summed E-state index contributed by atoms with van der Waals surface area (Å²) < 4.78 is 63.0. The Kier molecular flexibility index (Phi) is 22.3. The van der Waals surface area contributed by atoms with Crippen molar-refractivity contribution >= 4 is 17.7 Å². The van der Waals surface area contributed by atoms with Crippen molar-refractivity contribution in [1.82, 2.24) is 16.0 Å². The molecule has 20 N–H and O–H groups in total. The van der Waals surface area contributed by atoms with Gasteiger partial charge in [-0.2, -0.15) is 0 Å². The Hall–Kier alpha value is -2.71. The number of nitrogens with one attached hydrogen (secondary N) is 3. The summed E-state index contributed by atoms with van der Waals surface area (Å²) in [5.41, 5.74) is 0. The van der Waals surface area contributed by atoms with Gasteiger partial charge in [-0.15, -0.1) is 0 Å². The van der Waals surface area contributed by atoms with E-state index in [0.29, 0.717) is 0 Å². The first-order chi connectivity index (χ1) is 35.9. The third-order valence-corrected chi connectivity index (χ3v) is 13.6. The van der Waals surface area contributed by atoms with E-state index in [1.807, 2.05) is 0 Å². The molecule has 0 unspecified atom stereocenters. The molecule has 6 heterocycles. The average Bonchev–Trinajstić information content (AvgIpc) is 3.37. The maximum Gasteiger partial charge on any atom is 0.217 e. The van der Waals surface area contributed by atoms with Crippen molar-refractivity contribution in [2.45, 2.75) is 205 Å². The molecule has 0 bridgehead atoms. The molecule has 6 rings (SSSR count). The zero-order valence-electron chi connectivity index (χ0n) is 40.9. The Balaban J connectivity index is 1.22. The highest BCUT2D eigenvalue weighted by molar-refractivity contribution is 5.74. The predicted octanol–water partition coefficient (Wildman–Crippen LogP) is -13.7. The van der Waals surface area contributed by atoms with E-state index in [1.54, 1.807) is 0 Å². The van der Waals surface area contributed by atoms with E-state index in [2.05, 4.69) is 16.0 Å². The van der Waals surface area contributed by atoms with Crippen LogP contribution in [0.15, 0.2) is 0 Å². The smallest absolute Gasteiger partial charge is 0.217 e. The van der Waals surface area contributed by atoms with Crippen LogP contribution in [0.4, 0.5) is 0 Å². The summed E-state index contributed by atoms with van der Waals surface area (Å²) in [4.78, 5) is 37.5. The molecule has 0 aromatic heterocycles. The van der Waals surface area contributed by atoms with E-state index in [9.17, 15) is 101 Å². The van der Waals surface area contributed by atoms with E-state index < -0.39 is 241 Å². The second-order valence-electron chi connectivity index (χ2n) is 19.0. The molecule has 0 saturated carbocycles. The molecule has 34 heteroatoms. The molecule has 3 amide bonds. The van der Waals surface area contributed by atoms with Gasteiger partial charge in [0.15, 0.2) is 37.7 Å². The molecule has 0 aliphatic carbocycles. The molecule has 6 aliphatic heterocycles. The minimum absolute atomic E-state index is 0.779. The van der Waals surface area contributed by atoms with Crippen LogP contribution in [-0.4, -0.2) is 328 Å². The lowest BCUT2D eigenvalue weighted by Gasteiger charge is -2.50. The zero-order valence-corrected chi connectivity index (χ0v) is 40.9. The third-order valence-electron chi connectivity index (χ3n) is 13.6. The normalized spacial score (nSPS) is 48.2. The predicted molar refractivity (Wildman–Crippen MR) is 234 cm³/mol. The van der Waals surface area contributed by atoms with Gasteiger partial charge < -0.3 is 155 Å². The maximum absolute atomic E-state index is 12.6. The molecule has 30 atom stereocenters. The Labute approximate surface area is 431 Å². The van der Waals surface area contributed by atoms with Gasteiger partial charge in [0, 0.05) is 20.8 Å². The Morgan fingerprint density at radius 3 is 1.17 bits per heavy atom. The van der Waals surface area contributed by atoms with Crippen LogP contribution in [0.5, 0.6) is 0 Å². The van der Waals surface area contributed by atoms with E-state index in [4.69, 9.17) is 52.1 Å². The summed E-state index contributed by atoms with van der Waals surface area (Å²) in [5, 5.41) is 189. The van der Waals surface area contributed by atoms with Gasteiger partial charge in [-0.25, -0.2) is 0 Å². The fourth-order valence-corrected chi connectivity index (χ4v) is 9.62. The van der Waals surface area contributed by atoms with Crippen LogP contribution < -0.4 is 16.0 Å². The molecule has 0 spiro atoms. The second-order valence-corrected chi connectivity index (χ2v) is 19.0. The van der Waals surface area contributed by atoms with Gasteiger partial charge in [-0.05, 0) is 0 Å². The first-order valence-corrected chi connectivity index (χ1v) is 24.1. The highest BCUT2D eigenvalue weighted by Gasteiger charge is 2.57. The molecule has 0 radical (unpaired) electrons. The molecule has 76 heavy (non-hydrogen) atoms. The van der Waals surface area contributed by atoms with Crippen molar-refractivity contribution in [1.29, 1.82) is 0 Å².